The molecule has 0 N–H and O–H groups in total. The van der Waals surface area contributed by atoms with Crippen LogP contribution >= 0.6 is 11.3 Å². The van der Waals surface area contributed by atoms with Crippen LogP contribution in [0.3, 0.4) is 0 Å². The van der Waals surface area contributed by atoms with Crippen molar-refractivity contribution in [2.75, 3.05) is 6.61 Å². The van der Waals surface area contributed by atoms with Gasteiger partial charge in [-0.3, -0.25) is 9.36 Å². The van der Waals surface area contributed by atoms with Crippen LogP contribution in [0.4, 0.5) is 0 Å². The van der Waals surface area contributed by atoms with E-state index in [1.807, 2.05) is 49.4 Å². The lowest BCUT2D eigenvalue weighted by Gasteiger charge is -2.24. The van der Waals surface area contributed by atoms with E-state index in [0.717, 1.165) is 11.3 Å². The molecule has 6 nitrogen and oxygen atoms in total. The van der Waals surface area contributed by atoms with E-state index in [1.165, 1.54) is 11.3 Å². The fraction of sp³-hybridized carbons (Fsp3) is 0.227. The Morgan fingerprint density at radius 1 is 1.24 bits per heavy atom. The Morgan fingerprint density at radius 3 is 2.66 bits per heavy atom. The summed E-state index contributed by atoms with van der Waals surface area (Å²) in [5.74, 6) is 0.913. The molecule has 0 radical (unpaired) electrons. The molecule has 7 heteroatoms. The predicted octanol–water partition coefficient (Wildman–Crippen LogP) is 2.70. The van der Waals surface area contributed by atoms with Gasteiger partial charge in [0, 0.05) is 6.08 Å². The molecule has 0 bridgehead atoms. The Labute approximate surface area is 171 Å². The molecule has 29 heavy (non-hydrogen) atoms. The van der Waals surface area contributed by atoms with Crippen LogP contribution in [0.5, 0.6) is 0 Å². The number of fused-ring (bicyclic) bond motifs is 1. The van der Waals surface area contributed by atoms with Crippen molar-refractivity contribution in [2.24, 2.45) is 4.99 Å². The molecular formula is C22H20N2O4S. The molecule has 2 aromatic heterocycles. The number of esters is 1. The van der Waals surface area contributed by atoms with Crippen LogP contribution in [0, 0.1) is 6.92 Å². The number of carbonyl (C=O) groups excluding carboxylic acids is 1. The third-order valence-corrected chi connectivity index (χ3v) is 5.65. The zero-order chi connectivity index (χ0) is 20.5. The van der Waals surface area contributed by atoms with E-state index < -0.39 is 12.0 Å². The lowest BCUT2D eigenvalue weighted by molar-refractivity contribution is -0.139. The number of ether oxygens (including phenoxy) is 1. The molecule has 148 valence electrons. The van der Waals surface area contributed by atoms with Gasteiger partial charge >= 0.3 is 5.97 Å². The predicted molar refractivity (Wildman–Crippen MR) is 110 cm³/mol. The highest BCUT2D eigenvalue weighted by Gasteiger charge is 2.33. The summed E-state index contributed by atoms with van der Waals surface area (Å²) >= 11 is 1.28. The van der Waals surface area contributed by atoms with Crippen molar-refractivity contribution in [1.82, 2.24) is 4.57 Å². The maximum atomic E-state index is 13.3. The number of furan rings is 1. The smallest absolute Gasteiger partial charge is 0.338 e. The number of rotatable bonds is 4. The number of carbonyl (C=O) groups is 1. The Balaban J connectivity index is 1.96. The van der Waals surface area contributed by atoms with Gasteiger partial charge in [-0.15, -0.1) is 0 Å². The quantitative estimate of drug-likeness (QED) is 0.622. The first kappa shape index (κ1) is 19.1. The van der Waals surface area contributed by atoms with Gasteiger partial charge in [0.15, 0.2) is 4.80 Å². The van der Waals surface area contributed by atoms with E-state index in [4.69, 9.17) is 9.15 Å². The first-order chi connectivity index (χ1) is 14.0. The number of aryl methyl sites for hydroxylation is 1. The molecule has 0 amide bonds. The minimum atomic E-state index is -0.591. The minimum absolute atomic E-state index is 0.217. The summed E-state index contributed by atoms with van der Waals surface area (Å²) in [7, 11) is 0. The van der Waals surface area contributed by atoms with Crippen molar-refractivity contribution in [3.8, 4) is 0 Å². The Kier molecular flexibility index (Phi) is 5.07. The van der Waals surface area contributed by atoms with Gasteiger partial charge in [0.05, 0.1) is 28.5 Å². The summed E-state index contributed by atoms with van der Waals surface area (Å²) in [6, 6.07) is 12.5. The first-order valence-corrected chi connectivity index (χ1v) is 10.1. The molecule has 0 fully saturated rings. The number of hydrogen-bond donors (Lipinski definition) is 0. The van der Waals surface area contributed by atoms with Gasteiger partial charge < -0.3 is 9.15 Å². The van der Waals surface area contributed by atoms with E-state index >= 15 is 0 Å². The van der Waals surface area contributed by atoms with E-state index in [-0.39, 0.29) is 12.2 Å². The second-order valence-corrected chi connectivity index (χ2v) is 7.67. The largest absolute Gasteiger partial charge is 0.463 e. The molecule has 1 aliphatic heterocycles. The van der Waals surface area contributed by atoms with Crippen LogP contribution in [-0.4, -0.2) is 17.1 Å². The SMILES string of the molecule is CCOC(=O)C1=C(C)N=c2sc(=Cc3ccc(C)o3)c(=O)n2C1c1ccccc1. The zero-order valence-electron chi connectivity index (χ0n) is 16.3. The Morgan fingerprint density at radius 2 is 2.00 bits per heavy atom. The highest BCUT2D eigenvalue weighted by Crippen LogP contribution is 2.30. The van der Waals surface area contributed by atoms with Gasteiger partial charge in [0.25, 0.3) is 5.56 Å². The third kappa shape index (κ3) is 3.49. The first-order valence-electron chi connectivity index (χ1n) is 9.30. The molecule has 0 spiro atoms. The second kappa shape index (κ2) is 7.67. The number of allylic oxidation sites excluding steroid dienone is 1. The van der Waals surface area contributed by atoms with Crippen molar-refractivity contribution >= 4 is 23.4 Å². The number of aromatic nitrogens is 1. The van der Waals surface area contributed by atoms with Gasteiger partial charge in [-0.05, 0) is 38.5 Å². The van der Waals surface area contributed by atoms with Gasteiger partial charge in [-0.25, -0.2) is 9.79 Å². The number of nitrogens with zero attached hydrogens (tertiary/aromatic N) is 2. The van der Waals surface area contributed by atoms with Gasteiger partial charge in [0.1, 0.15) is 11.5 Å². The van der Waals surface area contributed by atoms with Crippen molar-refractivity contribution in [3.63, 3.8) is 0 Å². The number of benzene rings is 1. The maximum Gasteiger partial charge on any atom is 0.338 e. The van der Waals surface area contributed by atoms with Crippen LogP contribution in [0.2, 0.25) is 0 Å². The van der Waals surface area contributed by atoms with Crippen molar-refractivity contribution < 1.29 is 13.9 Å². The minimum Gasteiger partial charge on any atom is -0.463 e. The number of hydrogen-bond acceptors (Lipinski definition) is 6. The second-order valence-electron chi connectivity index (χ2n) is 6.66. The fourth-order valence-corrected chi connectivity index (χ4v) is 4.43. The van der Waals surface area contributed by atoms with Crippen molar-refractivity contribution in [1.29, 1.82) is 0 Å². The standard InChI is InChI=1S/C22H20N2O4S/c1-4-27-21(26)18-14(3)23-22-24(19(18)15-8-6-5-7-9-15)20(25)17(29-22)12-16-11-10-13(2)28-16/h5-12,19H,4H2,1-3H3. The van der Waals surface area contributed by atoms with Gasteiger partial charge in [-0.1, -0.05) is 41.7 Å². The summed E-state index contributed by atoms with van der Waals surface area (Å²) in [5.41, 5.74) is 1.54. The molecule has 1 aromatic carbocycles. The highest BCUT2D eigenvalue weighted by atomic mass is 32.1. The normalized spacial score (nSPS) is 16.5. The average Bonchev–Trinajstić information content (AvgIpc) is 3.24. The molecule has 0 saturated heterocycles. The van der Waals surface area contributed by atoms with E-state index in [2.05, 4.69) is 4.99 Å². The molecule has 4 rings (SSSR count). The molecular weight excluding hydrogens is 388 g/mol. The molecule has 1 atom stereocenters. The van der Waals surface area contributed by atoms with Gasteiger partial charge in [0.2, 0.25) is 0 Å². The summed E-state index contributed by atoms with van der Waals surface area (Å²) in [6.07, 6.45) is 1.71. The topological polar surface area (TPSA) is 73.8 Å². The van der Waals surface area contributed by atoms with Crippen molar-refractivity contribution in [3.05, 3.63) is 90.5 Å². The highest BCUT2D eigenvalue weighted by molar-refractivity contribution is 7.07. The van der Waals surface area contributed by atoms with Crippen LogP contribution in [0.25, 0.3) is 6.08 Å². The maximum absolute atomic E-state index is 13.3. The fourth-order valence-electron chi connectivity index (χ4n) is 3.40. The van der Waals surface area contributed by atoms with E-state index in [0.29, 0.717) is 26.4 Å². The van der Waals surface area contributed by atoms with Crippen molar-refractivity contribution in [2.45, 2.75) is 26.8 Å². The van der Waals surface area contributed by atoms with Crippen LogP contribution in [0.1, 0.15) is 37.0 Å². The van der Waals surface area contributed by atoms with Crippen LogP contribution < -0.4 is 14.9 Å². The Bertz CT molecular complexity index is 1280. The van der Waals surface area contributed by atoms with E-state index in [9.17, 15) is 9.59 Å². The molecule has 0 aliphatic carbocycles. The molecule has 3 heterocycles. The molecule has 1 unspecified atom stereocenters. The number of thiazole rings is 1. The third-order valence-electron chi connectivity index (χ3n) is 4.67. The van der Waals surface area contributed by atoms with E-state index in [1.54, 1.807) is 24.5 Å². The summed E-state index contributed by atoms with van der Waals surface area (Å²) in [6.45, 7) is 5.63. The lowest BCUT2D eigenvalue weighted by atomic mass is 9.96. The van der Waals surface area contributed by atoms with Gasteiger partial charge in [-0.2, -0.15) is 0 Å². The van der Waals surface area contributed by atoms with Crippen LogP contribution in [-0.2, 0) is 9.53 Å². The lowest BCUT2D eigenvalue weighted by Crippen LogP contribution is -2.39. The molecule has 3 aromatic rings. The Hall–Kier alpha value is -3.19. The molecule has 0 saturated carbocycles. The van der Waals surface area contributed by atoms with Crippen LogP contribution in [0.15, 0.2) is 67.9 Å². The summed E-state index contributed by atoms with van der Waals surface area (Å²) < 4.78 is 12.9. The summed E-state index contributed by atoms with van der Waals surface area (Å²) in [4.78, 5) is 31.1. The summed E-state index contributed by atoms with van der Waals surface area (Å²) in [5, 5.41) is 0. The molecule has 1 aliphatic rings. The average molecular weight is 408 g/mol. The zero-order valence-corrected chi connectivity index (χ0v) is 17.2. The monoisotopic (exact) mass is 408 g/mol.